The molecule has 24 heavy (non-hydrogen) atoms. The Morgan fingerprint density at radius 2 is 2.08 bits per heavy atom. The zero-order chi connectivity index (χ0) is 18.1. The van der Waals surface area contributed by atoms with Gasteiger partial charge in [0.1, 0.15) is 24.9 Å². The highest BCUT2D eigenvalue weighted by atomic mass is 16.6. The summed E-state index contributed by atoms with van der Waals surface area (Å²) < 4.78 is 19.0. The highest BCUT2D eigenvalue weighted by Gasteiger charge is 2.45. The van der Waals surface area contributed by atoms with Crippen LogP contribution >= 0.6 is 0 Å². The third-order valence-electron chi connectivity index (χ3n) is 4.11. The molecule has 128 valence electrons. The highest BCUT2D eigenvalue weighted by Crippen LogP contribution is 2.34. The van der Waals surface area contributed by atoms with Gasteiger partial charge in [-0.3, -0.25) is 9.59 Å². The van der Waals surface area contributed by atoms with Crippen molar-refractivity contribution in [1.29, 1.82) is 0 Å². The lowest BCUT2D eigenvalue weighted by atomic mass is 10.1. The first-order valence-electron chi connectivity index (χ1n) is 8.22. The number of benzene rings is 1. The zero-order valence-corrected chi connectivity index (χ0v) is 13.1. The van der Waals surface area contributed by atoms with E-state index in [0.29, 0.717) is 11.2 Å². The Kier molecular flexibility index (Phi) is 4.05. The number of carbonyl (C=O) groups excluding carboxylic acids is 2. The summed E-state index contributed by atoms with van der Waals surface area (Å²) in [7, 11) is 0. The van der Waals surface area contributed by atoms with Gasteiger partial charge in [-0.25, -0.2) is 0 Å². The van der Waals surface area contributed by atoms with E-state index in [-0.39, 0.29) is 12.4 Å². The Balaban J connectivity index is 1.94. The fraction of sp³-hybridized carbons (Fsp3) is 0.412. The first-order chi connectivity index (χ1) is 11.9. The van der Waals surface area contributed by atoms with Crippen molar-refractivity contribution in [3.8, 4) is 0 Å². The maximum Gasteiger partial charge on any atom is 0.302 e. The lowest BCUT2D eigenvalue weighted by molar-refractivity contribution is -0.147. The van der Waals surface area contributed by atoms with E-state index < -0.39 is 37.4 Å². The van der Waals surface area contributed by atoms with Gasteiger partial charge in [-0.15, -0.1) is 0 Å². The largest absolute Gasteiger partial charge is 0.463 e. The molecule has 1 saturated heterocycles. The van der Waals surface area contributed by atoms with Gasteiger partial charge in [-0.05, 0) is 12.1 Å². The third-order valence-corrected chi connectivity index (χ3v) is 4.11. The predicted octanol–water partition coefficient (Wildman–Crippen LogP) is 1.03. The van der Waals surface area contributed by atoms with Gasteiger partial charge in [-0.2, -0.15) is 0 Å². The fourth-order valence-corrected chi connectivity index (χ4v) is 2.98. The minimum atomic E-state index is -1.30. The summed E-state index contributed by atoms with van der Waals surface area (Å²) in [5.74, 6) is -0.949. The molecule has 1 aromatic heterocycles. The molecule has 1 unspecified atom stereocenters. The van der Waals surface area contributed by atoms with Crippen LogP contribution in [0.5, 0.6) is 0 Å². The first-order valence-corrected chi connectivity index (χ1v) is 7.51. The van der Waals surface area contributed by atoms with Crippen LogP contribution in [0.2, 0.25) is 0 Å². The Labute approximate surface area is 139 Å². The summed E-state index contributed by atoms with van der Waals surface area (Å²) >= 11 is 0. The van der Waals surface area contributed by atoms with Gasteiger partial charge >= 0.3 is 5.97 Å². The molecule has 3 rings (SSSR count). The molecule has 1 aliphatic rings. The number of carbonyl (C=O) groups is 2. The van der Waals surface area contributed by atoms with E-state index in [2.05, 4.69) is 0 Å². The SMILES string of the molecule is [2H]CC(=O)OC[C@H]1OC(n2c(C(C)=O)cc3ccccc32)[C@H](O)[C@@H]1O. The third kappa shape index (κ3) is 2.82. The summed E-state index contributed by atoms with van der Waals surface area (Å²) in [6, 6.07) is 8.96. The molecule has 0 bridgehead atoms. The molecule has 0 aliphatic carbocycles. The molecule has 7 heteroatoms. The maximum absolute atomic E-state index is 12.0. The predicted molar refractivity (Wildman–Crippen MR) is 84.5 cm³/mol. The number of fused-ring (bicyclic) bond motifs is 1. The summed E-state index contributed by atoms with van der Waals surface area (Å²) in [4.78, 5) is 23.1. The van der Waals surface area contributed by atoms with E-state index in [4.69, 9.17) is 10.8 Å². The van der Waals surface area contributed by atoms with E-state index in [1.807, 2.05) is 12.1 Å². The lowest BCUT2D eigenvalue weighted by Crippen LogP contribution is -2.34. The molecular weight excluding hydrogens is 314 g/mol. The van der Waals surface area contributed by atoms with Crippen molar-refractivity contribution in [2.45, 2.75) is 38.4 Å². The monoisotopic (exact) mass is 334 g/mol. The molecule has 0 radical (unpaired) electrons. The Hall–Kier alpha value is -2.22. The number of nitrogens with zero attached hydrogens (tertiary/aromatic N) is 1. The van der Waals surface area contributed by atoms with Crippen molar-refractivity contribution >= 4 is 22.7 Å². The van der Waals surface area contributed by atoms with Crippen LogP contribution in [-0.2, 0) is 14.3 Å². The van der Waals surface area contributed by atoms with Crippen LogP contribution in [0.25, 0.3) is 10.9 Å². The van der Waals surface area contributed by atoms with E-state index >= 15 is 0 Å². The minimum absolute atomic E-state index is 0.203. The number of Topliss-reactive ketones (excluding diaryl/α,β-unsaturated/α-hetero) is 1. The molecular formula is C17H19NO6. The minimum Gasteiger partial charge on any atom is -0.463 e. The molecule has 0 spiro atoms. The van der Waals surface area contributed by atoms with Gasteiger partial charge in [-0.1, -0.05) is 18.2 Å². The number of para-hydroxylation sites is 1. The van der Waals surface area contributed by atoms with Crippen molar-refractivity contribution in [2.75, 3.05) is 6.61 Å². The summed E-state index contributed by atoms with van der Waals surface area (Å²) in [5, 5.41) is 21.4. The number of aliphatic hydroxyl groups is 2. The molecule has 1 aliphatic heterocycles. The van der Waals surface area contributed by atoms with Crippen molar-refractivity contribution in [3.63, 3.8) is 0 Å². The molecule has 2 N–H and O–H groups in total. The lowest BCUT2D eigenvalue weighted by Gasteiger charge is -2.20. The topological polar surface area (TPSA) is 98.0 Å². The number of hydrogen-bond acceptors (Lipinski definition) is 6. The second-order valence-electron chi connectivity index (χ2n) is 5.74. The van der Waals surface area contributed by atoms with Gasteiger partial charge in [0, 0.05) is 20.6 Å². The molecule has 0 saturated carbocycles. The molecule has 2 heterocycles. The van der Waals surface area contributed by atoms with Gasteiger partial charge in [0.2, 0.25) is 0 Å². The summed E-state index contributed by atoms with van der Waals surface area (Å²) in [5.41, 5.74) is 1.04. The number of rotatable bonds is 4. The molecule has 2 aromatic rings. The second-order valence-corrected chi connectivity index (χ2v) is 5.74. The van der Waals surface area contributed by atoms with Crippen molar-refractivity contribution in [2.24, 2.45) is 0 Å². The standard InChI is InChI=1S/C17H19NO6/c1-9(19)13-7-11-5-3-4-6-12(11)18(13)17-16(22)15(21)14(24-17)8-23-10(2)20/h3-7,14-17,21-22H,8H2,1-2H3/t14-,15-,16-,17?/m1/s1/i2D. The Bertz CT molecular complexity index is 804. The summed E-state index contributed by atoms with van der Waals surface area (Å²) in [6.07, 6.45) is -4.52. The Morgan fingerprint density at radius 3 is 2.79 bits per heavy atom. The number of esters is 1. The van der Waals surface area contributed by atoms with E-state index in [1.54, 1.807) is 22.8 Å². The van der Waals surface area contributed by atoms with Crippen LogP contribution in [0.15, 0.2) is 30.3 Å². The zero-order valence-electron chi connectivity index (χ0n) is 14.1. The second kappa shape index (κ2) is 6.35. The van der Waals surface area contributed by atoms with Crippen LogP contribution in [0, 0.1) is 0 Å². The van der Waals surface area contributed by atoms with Crippen molar-refractivity contribution in [3.05, 3.63) is 36.0 Å². The van der Waals surface area contributed by atoms with E-state index in [9.17, 15) is 19.8 Å². The average molecular weight is 334 g/mol. The highest BCUT2D eigenvalue weighted by molar-refractivity contribution is 5.98. The van der Waals surface area contributed by atoms with Crippen LogP contribution in [0.4, 0.5) is 0 Å². The quantitative estimate of drug-likeness (QED) is 0.640. The molecule has 0 amide bonds. The van der Waals surface area contributed by atoms with Gasteiger partial charge < -0.3 is 24.3 Å². The van der Waals surface area contributed by atoms with Crippen LogP contribution in [-0.4, -0.2) is 51.5 Å². The average Bonchev–Trinajstić information content (AvgIpc) is 3.12. The number of ketones is 1. The van der Waals surface area contributed by atoms with Crippen molar-refractivity contribution in [1.82, 2.24) is 4.57 Å². The molecule has 4 atom stereocenters. The molecule has 1 fully saturated rings. The van der Waals surface area contributed by atoms with Gasteiger partial charge in [0.25, 0.3) is 0 Å². The van der Waals surface area contributed by atoms with E-state index in [1.165, 1.54) is 6.92 Å². The number of ether oxygens (including phenoxy) is 2. The van der Waals surface area contributed by atoms with E-state index in [0.717, 1.165) is 5.39 Å². The van der Waals surface area contributed by atoms with Crippen LogP contribution in [0.1, 0.15) is 31.9 Å². The molecule has 1 aromatic carbocycles. The van der Waals surface area contributed by atoms with Crippen LogP contribution < -0.4 is 0 Å². The normalized spacial score (nSPS) is 27.2. The fourth-order valence-electron chi connectivity index (χ4n) is 2.98. The Morgan fingerprint density at radius 1 is 1.33 bits per heavy atom. The van der Waals surface area contributed by atoms with Crippen LogP contribution in [0.3, 0.4) is 0 Å². The number of aliphatic hydroxyl groups excluding tert-OH is 2. The maximum atomic E-state index is 12.0. The smallest absolute Gasteiger partial charge is 0.302 e. The first kappa shape index (κ1) is 15.3. The number of hydrogen-bond donors (Lipinski definition) is 2. The van der Waals surface area contributed by atoms with Gasteiger partial charge in [0.15, 0.2) is 12.0 Å². The van der Waals surface area contributed by atoms with Crippen molar-refractivity contribution < 1.29 is 30.6 Å². The summed E-state index contributed by atoms with van der Waals surface area (Å²) in [6.45, 7) is 0.600. The number of aromatic nitrogens is 1. The van der Waals surface area contributed by atoms with Gasteiger partial charge in [0.05, 0.1) is 11.2 Å². The molecule has 7 nitrogen and oxygen atoms in total.